The maximum atomic E-state index is 11.9. The lowest BCUT2D eigenvalue weighted by Gasteiger charge is -2.32. The van der Waals surface area contributed by atoms with Gasteiger partial charge in [-0.25, -0.2) is 17.7 Å². The summed E-state index contributed by atoms with van der Waals surface area (Å²) >= 11 is 1.61. The standard InChI is InChI=1S/C15H28N6O2S2/c1-5-25(22,23)21-8-6-12(7-9-21)18-14(16-2)17-10-13-11-24-15(19-13)20(3)4/h11-12H,5-10H2,1-4H3,(H2,16,17,18). The number of thiazole rings is 1. The Labute approximate surface area is 154 Å². The van der Waals surface area contributed by atoms with E-state index in [9.17, 15) is 8.42 Å². The normalized spacial score (nSPS) is 17.5. The SMILES string of the molecule is CCS(=O)(=O)N1CCC(NC(=NC)NCc2csc(N(C)C)n2)CC1. The zero-order valence-electron chi connectivity index (χ0n) is 15.3. The van der Waals surface area contributed by atoms with E-state index in [4.69, 9.17) is 0 Å². The fourth-order valence-electron chi connectivity index (χ4n) is 2.61. The highest BCUT2D eigenvalue weighted by Gasteiger charge is 2.26. The van der Waals surface area contributed by atoms with Crippen molar-refractivity contribution in [2.75, 3.05) is 44.9 Å². The van der Waals surface area contributed by atoms with E-state index in [-0.39, 0.29) is 11.8 Å². The van der Waals surface area contributed by atoms with Crippen molar-refractivity contribution >= 4 is 32.5 Å². The van der Waals surface area contributed by atoms with Crippen LogP contribution in [-0.4, -0.2) is 69.7 Å². The number of piperidine rings is 1. The number of sulfonamides is 1. The van der Waals surface area contributed by atoms with Gasteiger partial charge >= 0.3 is 0 Å². The third-order valence-electron chi connectivity index (χ3n) is 4.14. The molecule has 1 aromatic rings. The number of aliphatic imine (C=N–C) groups is 1. The summed E-state index contributed by atoms with van der Waals surface area (Å²) in [6.07, 6.45) is 1.56. The van der Waals surface area contributed by atoms with Gasteiger partial charge in [0.2, 0.25) is 10.0 Å². The average molecular weight is 389 g/mol. The molecule has 8 nitrogen and oxygen atoms in total. The smallest absolute Gasteiger partial charge is 0.213 e. The Kier molecular flexibility index (Phi) is 7.03. The molecule has 1 saturated heterocycles. The minimum absolute atomic E-state index is 0.164. The summed E-state index contributed by atoms with van der Waals surface area (Å²) in [5, 5.41) is 9.66. The maximum Gasteiger partial charge on any atom is 0.213 e. The second-order valence-electron chi connectivity index (χ2n) is 6.16. The molecular weight excluding hydrogens is 360 g/mol. The van der Waals surface area contributed by atoms with E-state index in [1.807, 2.05) is 24.4 Å². The lowest BCUT2D eigenvalue weighted by Crippen LogP contribution is -2.49. The Bertz CT molecular complexity index is 678. The molecule has 1 fully saturated rings. The molecule has 1 aliphatic heterocycles. The first-order valence-electron chi connectivity index (χ1n) is 8.42. The Morgan fingerprint density at radius 1 is 1.44 bits per heavy atom. The number of nitrogens with one attached hydrogen (secondary N) is 2. The van der Waals surface area contributed by atoms with E-state index < -0.39 is 10.0 Å². The summed E-state index contributed by atoms with van der Waals surface area (Å²) in [5.74, 6) is 0.882. The summed E-state index contributed by atoms with van der Waals surface area (Å²) < 4.78 is 25.4. The van der Waals surface area contributed by atoms with Crippen molar-refractivity contribution in [3.05, 3.63) is 11.1 Å². The number of aromatic nitrogens is 1. The van der Waals surface area contributed by atoms with Gasteiger partial charge in [0.05, 0.1) is 18.0 Å². The number of hydrogen-bond donors (Lipinski definition) is 2. The predicted molar refractivity (Wildman–Crippen MR) is 104 cm³/mol. The number of anilines is 1. The van der Waals surface area contributed by atoms with Crippen molar-refractivity contribution < 1.29 is 8.42 Å². The second kappa shape index (κ2) is 8.81. The second-order valence-corrected chi connectivity index (χ2v) is 9.25. The fraction of sp³-hybridized carbons (Fsp3) is 0.733. The third-order valence-corrected chi connectivity index (χ3v) is 7.07. The molecule has 2 rings (SSSR count). The zero-order valence-corrected chi connectivity index (χ0v) is 17.0. The van der Waals surface area contributed by atoms with Crippen LogP contribution < -0.4 is 15.5 Å². The maximum absolute atomic E-state index is 11.9. The molecule has 0 aliphatic carbocycles. The van der Waals surface area contributed by atoms with Crippen LogP contribution in [0.2, 0.25) is 0 Å². The third kappa shape index (κ3) is 5.55. The molecule has 25 heavy (non-hydrogen) atoms. The summed E-state index contributed by atoms with van der Waals surface area (Å²) in [4.78, 5) is 10.8. The largest absolute Gasteiger partial charge is 0.354 e. The zero-order chi connectivity index (χ0) is 18.4. The summed E-state index contributed by atoms with van der Waals surface area (Å²) in [5.41, 5.74) is 0.973. The van der Waals surface area contributed by atoms with E-state index in [2.05, 4.69) is 20.6 Å². The Balaban J connectivity index is 1.81. The molecular formula is C15H28N6O2S2. The monoisotopic (exact) mass is 388 g/mol. The topological polar surface area (TPSA) is 89.9 Å². The minimum atomic E-state index is -3.08. The fourth-order valence-corrected chi connectivity index (χ4v) is 4.50. The number of hydrogen-bond acceptors (Lipinski definition) is 6. The minimum Gasteiger partial charge on any atom is -0.354 e. The molecule has 1 aromatic heterocycles. The molecule has 0 aromatic carbocycles. The van der Waals surface area contributed by atoms with Gasteiger partial charge in [-0.05, 0) is 19.8 Å². The van der Waals surface area contributed by atoms with Gasteiger partial charge in [0.1, 0.15) is 0 Å². The first kappa shape index (κ1) is 19.9. The molecule has 2 heterocycles. The molecule has 0 saturated carbocycles. The van der Waals surface area contributed by atoms with E-state index in [1.54, 1.807) is 29.6 Å². The van der Waals surface area contributed by atoms with Gasteiger partial charge in [0, 0.05) is 45.7 Å². The van der Waals surface area contributed by atoms with Crippen molar-refractivity contribution in [3.8, 4) is 0 Å². The lowest BCUT2D eigenvalue weighted by atomic mass is 10.1. The first-order chi connectivity index (χ1) is 11.9. The van der Waals surface area contributed by atoms with Crippen LogP contribution in [0.4, 0.5) is 5.13 Å². The Morgan fingerprint density at radius 3 is 2.64 bits per heavy atom. The molecule has 0 amide bonds. The van der Waals surface area contributed by atoms with Crippen molar-refractivity contribution in [3.63, 3.8) is 0 Å². The van der Waals surface area contributed by atoms with E-state index in [0.29, 0.717) is 19.6 Å². The van der Waals surface area contributed by atoms with E-state index >= 15 is 0 Å². The molecule has 1 aliphatic rings. The number of guanidine groups is 1. The van der Waals surface area contributed by atoms with E-state index in [0.717, 1.165) is 29.6 Å². The van der Waals surface area contributed by atoms with Gasteiger partial charge in [0.15, 0.2) is 11.1 Å². The van der Waals surface area contributed by atoms with Crippen molar-refractivity contribution in [2.24, 2.45) is 4.99 Å². The summed E-state index contributed by atoms with van der Waals surface area (Å²) in [6, 6.07) is 0.224. The van der Waals surface area contributed by atoms with Crippen LogP contribution in [-0.2, 0) is 16.6 Å². The number of rotatable bonds is 6. The van der Waals surface area contributed by atoms with Gasteiger partial charge in [-0.3, -0.25) is 4.99 Å². The average Bonchev–Trinajstić information content (AvgIpc) is 3.08. The highest BCUT2D eigenvalue weighted by atomic mass is 32.2. The molecule has 0 bridgehead atoms. The van der Waals surface area contributed by atoms with E-state index in [1.165, 1.54) is 0 Å². The molecule has 0 spiro atoms. The van der Waals surface area contributed by atoms with Crippen LogP contribution in [0.5, 0.6) is 0 Å². The van der Waals surface area contributed by atoms with Gasteiger partial charge in [-0.15, -0.1) is 11.3 Å². The predicted octanol–water partition coefficient (Wildman–Crippen LogP) is 0.688. The number of nitrogens with zero attached hydrogens (tertiary/aromatic N) is 4. The Hall–Kier alpha value is -1.39. The van der Waals surface area contributed by atoms with Crippen molar-refractivity contribution in [1.29, 1.82) is 0 Å². The molecule has 0 unspecified atom stereocenters. The molecule has 2 N–H and O–H groups in total. The molecule has 10 heteroatoms. The lowest BCUT2D eigenvalue weighted by molar-refractivity contribution is 0.306. The highest BCUT2D eigenvalue weighted by molar-refractivity contribution is 7.89. The van der Waals surface area contributed by atoms with Crippen molar-refractivity contribution in [1.82, 2.24) is 19.9 Å². The van der Waals surface area contributed by atoms with Crippen molar-refractivity contribution in [2.45, 2.75) is 32.4 Å². The molecule has 0 atom stereocenters. The summed E-state index contributed by atoms with van der Waals surface area (Å²) in [7, 11) is 2.60. The van der Waals surface area contributed by atoms with Crippen LogP contribution in [0.25, 0.3) is 0 Å². The van der Waals surface area contributed by atoms with Gasteiger partial charge < -0.3 is 15.5 Å². The quantitative estimate of drug-likeness (QED) is 0.550. The highest BCUT2D eigenvalue weighted by Crippen LogP contribution is 2.18. The van der Waals surface area contributed by atoms with Crippen LogP contribution in [0.1, 0.15) is 25.5 Å². The van der Waals surface area contributed by atoms with Gasteiger partial charge in [-0.2, -0.15) is 0 Å². The first-order valence-corrected chi connectivity index (χ1v) is 10.9. The van der Waals surface area contributed by atoms with Crippen LogP contribution in [0.15, 0.2) is 10.4 Å². The Morgan fingerprint density at radius 2 is 2.12 bits per heavy atom. The molecule has 142 valence electrons. The van der Waals surface area contributed by atoms with Gasteiger partial charge in [-0.1, -0.05) is 0 Å². The molecule has 0 radical (unpaired) electrons. The summed E-state index contributed by atoms with van der Waals surface area (Å²) in [6.45, 7) is 3.41. The van der Waals surface area contributed by atoms with Crippen LogP contribution >= 0.6 is 11.3 Å². The van der Waals surface area contributed by atoms with Crippen LogP contribution in [0.3, 0.4) is 0 Å². The van der Waals surface area contributed by atoms with Gasteiger partial charge in [0.25, 0.3) is 0 Å². The van der Waals surface area contributed by atoms with Crippen LogP contribution in [0, 0.1) is 0 Å².